The number of furan rings is 1. The number of carboxylic acid groups (broad SMARTS) is 1. The second-order valence-corrected chi connectivity index (χ2v) is 6.24. The molecule has 144 valence electrons. The standard InChI is InChI=1S/C21H12ClFN2O4/c22-18-10-12(1-7-17(18)21(27)28)19-8-6-16(29-19)9-13(11-24)20(26)25-15-4-2-14(23)3-5-15/h1-10H,(H,25,26)(H,27,28). The van der Waals surface area contributed by atoms with E-state index in [2.05, 4.69) is 5.32 Å². The molecule has 3 rings (SSSR count). The van der Waals surface area contributed by atoms with E-state index in [9.17, 15) is 19.2 Å². The van der Waals surface area contributed by atoms with E-state index in [1.54, 1.807) is 18.2 Å². The molecule has 0 saturated heterocycles. The van der Waals surface area contributed by atoms with Gasteiger partial charge in [-0.3, -0.25) is 4.79 Å². The van der Waals surface area contributed by atoms with Gasteiger partial charge in [0.25, 0.3) is 5.91 Å². The Labute approximate surface area is 169 Å². The van der Waals surface area contributed by atoms with Gasteiger partial charge in [-0.05, 0) is 48.5 Å². The van der Waals surface area contributed by atoms with Crippen LogP contribution in [0, 0.1) is 17.1 Å². The molecule has 0 fully saturated rings. The third-order valence-electron chi connectivity index (χ3n) is 3.86. The van der Waals surface area contributed by atoms with Gasteiger partial charge in [-0.15, -0.1) is 0 Å². The monoisotopic (exact) mass is 410 g/mol. The predicted molar refractivity (Wildman–Crippen MR) is 105 cm³/mol. The van der Waals surface area contributed by atoms with E-state index in [0.717, 1.165) is 0 Å². The lowest BCUT2D eigenvalue weighted by atomic mass is 10.1. The van der Waals surface area contributed by atoms with E-state index in [-0.39, 0.29) is 21.9 Å². The molecule has 0 aliphatic carbocycles. The van der Waals surface area contributed by atoms with Crippen LogP contribution in [-0.4, -0.2) is 17.0 Å². The third kappa shape index (κ3) is 4.69. The summed E-state index contributed by atoms with van der Waals surface area (Å²) in [5.41, 5.74) is 0.626. The molecular weight excluding hydrogens is 399 g/mol. The smallest absolute Gasteiger partial charge is 0.337 e. The van der Waals surface area contributed by atoms with Crippen molar-refractivity contribution in [2.45, 2.75) is 0 Å². The molecule has 0 saturated carbocycles. The van der Waals surface area contributed by atoms with Crippen LogP contribution in [0.5, 0.6) is 0 Å². The Hall–Kier alpha value is -3.89. The highest BCUT2D eigenvalue weighted by Gasteiger charge is 2.13. The summed E-state index contributed by atoms with van der Waals surface area (Å²) < 4.78 is 18.5. The number of aromatic carboxylic acids is 1. The van der Waals surface area contributed by atoms with Gasteiger partial charge in [-0.2, -0.15) is 5.26 Å². The molecule has 8 heteroatoms. The number of carboxylic acids is 1. The Bertz CT molecular complexity index is 1160. The van der Waals surface area contributed by atoms with Gasteiger partial charge in [0.15, 0.2) is 0 Å². The first-order chi connectivity index (χ1) is 13.9. The van der Waals surface area contributed by atoms with Gasteiger partial charge in [-0.25, -0.2) is 9.18 Å². The molecule has 0 aliphatic rings. The van der Waals surface area contributed by atoms with Crippen molar-refractivity contribution in [1.29, 1.82) is 5.26 Å². The van der Waals surface area contributed by atoms with Gasteiger partial charge in [0.2, 0.25) is 0 Å². The number of amides is 1. The number of benzene rings is 2. The van der Waals surface area contributed by atoms with E-state index in [1.807, 2.05) is 0 Å². The quantitative estimate of drug-likeness (QED) is 0.456. The fourth-order valence-corrected chi connectivity index (χ4v) is 2.71. The van der Waals surface area contributed by atoms with Gasteiger partial charge in [-0.1, -0.05) is 17.7 Å². The molecule has 29 heavy (non-hydrogen) atoms. The Balaban J connectivity index is 1.81. The summed E-state index contributed by atoms with van der Waals surface area (Å²) in [6.45, 7) is 0. The van der Waals surface area contributed by atoms with E-state index in [1.165, 1.54) is 48.5 Å². The lowest BCUT2D eigenvalue weighted by molar-refractivity contribution is -0.112. The second-order valence-electron chi connectivity index (χ2n) is 5.83. The van der Waals surface area contributed by atoms with Crippen molar-refractivity contribution in [2.24, 2.45) is 0 Å². The van der Waals surface area contributed by atoms with Crippen LogP contribution in [0.4, 0.5) is 10.1 Å². The molecule has 2 N–H and O–H groups in total. The van der Waals surface area contributed by atoms with Crippen molar-refractivity contribution in [3.8, 4) is 17.4 Å². The predicted octanol–water partition coefficient (Wildman–Crippen LogP) is 4.98. The zero-order valence-electron chi connectivity index (χ0n) is 14.6. The lowest BCUT2D eigenvalue weighted by Crippen LogP contribution is -2.13. The Morgan fingerprint density at radius 3 is 2.48 bits per heavy atom. The highest BCUT2D eigenvalue weighted by molar-refractivity contribution is 6.33. The summed E-state index contributed by atoms with van der Waals surface area (Å²) in [5, 5.41) is 20.8. The van der Waals surface area contributed by atoms with Crippen LogP contribution < -0.4 is 5.32 Å². The zero-order valence-corrected chi connectivity index (χ0v) is 15.4. The molecule has 0 unspecified atom stereocenters. The highest BCUT2D eigenvalue weighted by Crippen LogP contribution is 2.28. The molecule has 1 heterocycles. The number of rotatable bonds is 5. The number of carbonyl (C=O) groups excluding carboxylic acids is 1. The molecule has 0 aliphatic heterocycles. The summed E-state index contributed by atoms with van der Waals surface area (Å²) in [5.74, 6) is -1.64. The second kappa shape index (κ2) is 8.42. The first kappa shape index (κ1) is 19.9. The van der Waals surface area contributed by atoms with Crippen molar-refractivity contribution in [3.05, 3.63) is 82.3 Å². The van der Waals surface area contributed by atoms with E-state index < -0.39 is 17.7 Å². The highest BCUT2D eigenvalue weighted by atomic mass is 35.5. The number of nitrogens with one attached hydrogen (secondary N) is 1. The van der Waals surface area contributed by atoms with Gasteiger partial charge in [0.05, 0.1) is 10.6 Å². The number of anilines is 1. The largest absolute Gasteiger partial charge is 0.478 e. The van der Waals surface area contributed by atoms with Crippen molar-refractivity contribution in [2.75, 3.05) is 5.32 Å². The molecule has 0 radical (unpaired) electrons. The van der Waals surface area contributed by atoms with Crippen molar-refractivity contribution in [3.63, 3.8) is 0 Å². The third-order valence-corrected chi connectivity index (χ3v) is 4.18. The normalized spacial score (nSPS) is 11.0. The molecule has 1 amide bonds. The molecule has 3 aromatic rings. The minimum Gasteiger partial charge on any atom is -0.478 e. The molecule has 0 bridgehead atoms. The molecular formula is C21H12ClFN2O4. The van der Waals surface area contributed by atoms with Crippen LogP contribution in [-0.2, 0) is 4.79 Å². The lowest BCUT2D eigenvalue weighted by Gasteiger charge is -2.03. The Morgan fingerprint density at radius 1 is 1.14 bits per heavy atom. The zero-order chi connectivity index (χ0) is 21.0. The maximum atomic E-state index is 12.9. The number of hydrogen-bond acceptors (Lipinski definition) is 4. The Kier molecular flexibility index (Phi) is 5.77. The number of hydrogen-bond donors (Lipinski definition) is 2. The minimum absolute atomic E-state index is 0.0358. The number of nitriles is 1. The van der Waals surface area contributed by atoms with Gasteiger partial charge in [0.1, 0.15) is 29.0 Å². The van der Waals surface area contributed by atoms with Crippen molar-refractivity contribution < 1.29 is 23.5 Å². The molecule has 6 nitrogen and oxygen atoms in total. The SMILES string of the molecule is N#CC(=Cc1ccc(-c2ccc(C(=O)O)c(Cl)c2)o1)C(=O)Nc1ccc(F)cc1. The molecule has 0 spiro atoms. The van der Waals surface area contributed by atoms with Crippen LogP contribution in [0.1, 0.15) is 16.1 Å². The Morgan fingerprint density at radius 2 is 1.86 bits per heavy atom. The van der Waals surface area contributed by atoms with Crippen LogP contribution in [0.15, 0.2) is 64.6 Å². The number of halogens is 2. The van der Waals surface area contributed by atoms with Crippen molar-refractivity contribution in [1.82, 2.24) is 0 Å². The average molecular weight is 411 g/mol. The first-order valence-corrected chi connectivity index (χ1v) is 8.57. The van der Waals surface area contributed by atoms with E-state index in [4.69, 9.17) is 21.1 Å². The van der Waals surface area contributed by atoms with Crippen LogP contribution in [0.2, 0.25) is 5.02 Å². The summed E-state index contributed by atoms with van der Waals surface area (Å²) in [7, 11) is 0. The maximum Gasteiger partial charge on any atom is 0.337 e. The van der Waals surface area contributed by atoms with Gasteiger partial charge in [0, 0.05) is 17.3 Å². The summed E-state index contributed by atoms with van der Waals surface area (Å²) in [6.07, 6.45) is 1.26. The molecule has 2 aromatic carbocycles. The van der Waals surface area contributed by atoms with E-state index >= 15 is 0 Å². The van der Waals surface area contributed by atoms with Gasteiger partial charge >= 0.3 is 5.97 Å². The maximum absolute atomic E-state index is 12.9. The van der Waals surface area contributed by atoms with Crippen LogP contribution in [0.3, 0.4) is 0 Å². The first-order valence-electron chi connectivity index (χ1n) is 8.19. The molecule has 0 atom stereocenters. The summed E-state index contributed by atoms with van der Waals surface area (Å²) in [6, 6.07) is 14.4. The van der Waals surface area contributed by atoms with Crippen LogP contribution >= 0.6 is 11.6 Å². The topological polar surface area (TPSA) is 103 Å². The number of carbonyl (C=O) groups is 2. The fraction of sp³-hybridized carbons (Fsp3) is 0. The van der Waals surface area contributed by atoms with E-state index in [0.29, 0.717) is 17.0 Å². The van der Waals surface area contributed by atoms with Gasteiger partial charge < -0.3 is 14.8 Å². The average Bonchev–Trinajstić information content (AvgIpc) is 3.16. The number of nitrogens with zero attached hydrogens (tertiary/aromatic N) is 1. The summed E-state index contributed by atoms with van der Waals surface area (Å²) >= 11 is 5.96. The van der Waals surface area contributed by atoms with Crippen molar-refractivity contribution >= 4 is 35.2 Å². The minimum atomic E-state index is -1.14. The fourth-order valence-electron chi connectivity index (χ4n) is 2.45. The molecule has 1 aromatic heterocycles. The van der Waals surface area contributed by atoms with Crippen LogP contribution in [0.25, 0.3) is 17.4 Å². The summed E-state index contributed by atoms with van der Waals surface area (Å²) in [4.78, 5) is 23.3.